The zero-order valence-corrected chi connectivity index (χ0v) is 13.0. The average Bonchev–Trinajstić information content (AvgIpc) is 2.45. The molecule has 0 radical (unpaired) electrons. The number of carbonyl (C=O) groups is 2. The van der Waals surface area contributed by atoms with Gasteiger partial charge in [-0.1, -0.05) is 0 Å². The van der Waals surface area contributed by atoms with Gasteiger partial charge >= 0.3 is 0 Å². The Morgan fingerprint density at radius 2 is 2.23 bits per heavy atom. The highest BCUT2D eigenvalue weighted by Gasteiger charge is 2.37. The molecule has 0 bridgehead atoms. The van der Waals surface area contributed by atoms with E-state index in [0.29, 0.717) is 25.1 Å². The maximum Gasteiger partial charge on any atom is 0.272 e. The first-order valence-electron chi connectivity index (χ1n) is 7.24. The minimum atomic E-state index is -1.24. The van der Waals surface area contributed by atoms with Gasteiger partial charge in [-0.2, -0.15) is 0 Å². The van der Waals surface area contributed by atoms with Crippen molar-refractivity contribution in [1.82, 2.24) is 9.88 Å². The van der Waals surface area contributed by atoms with E-state index in [2.05, 4.69) is 4.98 Å². The molecule has 1 atom stereocenters. The Balaban J connectivity index is 2.15. The van der Waals surface area contributed by atoms with Crippen molar-refractivity contribution < 1.29 is 14.7 Å². The number of piperidine rings is 1. The Labute approximate surface area is 129 Å². The molecule has 7 nitrogen and oxygen atoms in total. The lowest BCUT2D eigenvalue weighted by Crippen LogP contribution is -2.52. The van der Waals surface area contributed by atoms with Crippen LogP contribution >= 0.6 is 0 Å². The standard InChI is InChI=1S/C15H22N4O3/c1-18(2)11-4-6-17-12(8-11)14(21)19-7-3-5-15(22,10-19)9-13(16)20/h4,6,8,22H,3,5,7,9-10H2,1-2H3,(H2,16,20). The lowest BCUT2D eigenvalue weighted by atomic mass is 9.89. The molecule has 3 N–H and O–H groups in total. The zero-order chi connectivity index (χ0) is 16.3. The number of nitrogens with zero attached hydrogens (tertiary/aromatic N) is 3. The van der Waals surface area contributed by atoms with Gasteiger partial charge in [-0.3, -0.25) is 14.6 Å². The topological polar surface area (TPSA) is 99.8 Å². The fourth-order valence-electron chi connectivity index (χ4n) is 2.73. The van der Waals surface area contributed by atoms with Crippen molar-refractivity contribution >= 4 is 17.5 Å². The largest absolute Gasteiger partial charge is 0.388 e. The second-order valence-electron chi connectivity index (χ2n) is 5.99. The maximum atomic E-state index is 12.6. The van der Waals surface area contributed by atoms with Crippen LogP contribution in [-0.4, -0.2) is 59.6 Å². The normalized spacial score (nSPS) is 21.5. The highest BCUT2D eigenvalue weighted by atomic mass is 16.3. The number of amides is 2. The van der Waals surface area contributed by atoms with Crippen LogP contribution in [0.5, 0.6) is 0 Å². The van der Waals surface area contributed by atoms with E-state index in [0.717, 1.165) is 5.69 Å². The minimum absolute atomic E-state index is 0.0998. The van der Waals surface area contributed by atoms with E-state index in [1.807, 2.05) is 25.1 Å². The number of aromatic nitrogens is 1. The van der Waals surface area contributed by atoms with E-state index in [-0.39, 0.29) is 18.9 Å². The fraction of sp³-hybridized carbons (Fsp3) is 0.533. The van der Waals surface area contributed by atoms with Crippen LogP contribution in [0.3, 0.4) is 0 Å². The van der Waals surface area contributed by atoms with Gasteiger partial charge in [0.2, 0.25) is 5.91 Å². The van der Waals surface area contributed by atoms with Gasteiger partial charge in [0, 0.05) is 32.5 Å². The van der Waals surface area contributed by atoms with Crippen LogP contribution in [0.15, 0.2) is 18.3 Å². The first-order valence-corrected chi connectivity index (χ1v) is 7.24. The molecule has 0 saturated carbocycles. The van der Waals surface area contributed by atoms with E-state index < -0.39 is 11.5 Å². The smallest absolute Gasteiger partial charge is 0.272 e. The van der Waals surface area contributed by atoms with Crippen LogP contribution in [0.1, 0.15) is 29.8 Å². The number of nitrogens with two attached hydrogens (primary N) is 1. The van der Waals surface area contributed by atoms with Crippen LogP contribution in [0, 0.1) is 0 Å². The Morgan fingerprint density at radius 3 is 2.86 bits per heavy atom. The summed E-state index contributed by atoms with van der Waals surface area (Å²) in [6.45, 7) is 0.635. The molecule has 1 aliphatic heterocycles. The van der Waals surface area contributed by atoms with E-state index in [1.165, 1.54) is 4.90 Å². The van der Waals surface area contributed by atoms with Crippen molar-refractivity contribution in [3.63, 3.8) is 0 Å². The first kappa shape index (κ1) is 16.2. The number of β-amino-alcohol motifs (C(OH)–C–C–N with tert-alkyl or cyclic N) is 1. The summed E-state index contributed by atoms with van der Waals surface area (Å²) in [6.07, 6.45) is 2.54. The second-order valence-corrected chi connectivity index (χ2v) is 5.99. The molecule has 22 heavy (non-hydrogen) atoms. The molecule has 1 aromatic heterocycles. The molecule has 1 aliphatic rings. The number of pyridine rings is 1. The van der Waals surface area contributed by atoms with Gasteiger partial charge in [0.25, 0.3) is 5.91 Å². The lowest BCUT2D eigenvalue weighted by molar-refractivity contribution is -0.125. The number of hydrogen-bond donors (Lipinski definition) is 2. The van der Waals surface area contributed by atoms with Crippen LogP contribution in [0.4, 0.5) is 5.69 Å². The molecule has 0 spiro atoms. The number of rotatable bonds is 4. The SMILES string of the molecule is CN(C)c1ccnc(C(=O)N2CCCC(O)(CC(N)=O)C2)c1. The third-order valence-electron chi connectivity index (χ3n) is 3.82. The Morgan fingerprint density at radius 1 is 1.50 bits per heavy atom. The second kappa shape index (κ2) is 6.31. The van der Waals surface area contributed by atoms with Gasteiger partial charge in [-0.05, 0) is 25.0 Å². The van der Waals surface area contributed by atoms with Crippen LogP contribution < -0.4 is 10.6 Å². The van der Waals surface area contributed by atoms with Crippen LogP contribution in [-0.2, 0) is 4.79 Å². The van der Waals surface area contributed by atoms with Crippen molar-refractivity contribution in [2.24, 2.45) is 5.73 Å². The molecule has 1 aromatic rings. The third-order valence-corrected chi connectivity index (χ3v) is 3.82. The molecular formula is C15H22N4O3. The summed E-state index contributed by atoms with van der Waals surface area (Å²) >= 11 is 0. The highest BCUT2D eigenvalue weighted by molar-refractivity contribution is 5.93. The minimum Gasteiger partial charge on any atom is -0.388 e. The highest BCUT2D eigenvalue weighted by Crippen LogP contribution is 2.25. The van der Waals surface area contributed by atoms with Crippen LogP contribution in [0.25, 0.3) is 0 Å². The molecule has 1 saturated heterocycles. The Bertz CT molecular complexity index is 576. The van der Waals surface area contributed by atoms with Crippen molar-refractivity contribution in [2.75, 3.05) is 32.1 Å². The fourth-order valence-corrected chi connectivity index (χ4v) is 2.73. The van der Waals surface area contributed by atoms with Gasteiger partial charge in [0.05, 0.1) is 18.6 Å². The van der Waals surface area contributed by atoms with E-state index >= 15 is 0 Å². The Hall–Kier alpha value is -2.15. The molecule has 120 valence electrons. The van der Waals surface area contributed by atoms with Crippen LogP contribution in [0.2, 0.25) is 0 Å². The zero-order valence-electron chi connectivity index (χ0n) is 13.0. The van der Waals surface area contributed by atoms with Gasteiger partial charge in [-0.15, -0.1) is 0 Å². The molecule has 2 rings (SSSR count). The molecule has 2 heterocycles. The number of primary amides is 1. The summed E-state index contributed by atoms with van der Waals surface area (Å²) in [4.78, 5) is 31.2. The lowest BCUT2D eigenvalue weighted by Gasteiger charge is -2.38. The van der Waals surface area contributed by atoms with E-state index in [1.54, 1.807) is 12.3 Å². The van der Waals surface area contributed by atoms with E-state index in [4.69, 9.17) is 5.73 Å². The summed E-state index contributed by atoms with van der Waals surface area (Å²) in [5.74, 6) is -0.809. The van der Waals surface area contributed by atoms with Crippen molar-refractivity contribution in [1.29, 1.82) is 0 Å². The van der Waals surface area contributed by atoms with Gasteiger partial charge < -0.3 is 20.6 Å². The molecule has 0 aromatic carbocycles. The predicted molar refractivity (Wildman–Crippen MR) is 82.5 cm³/mol. The molecule has 7 heteroatoms. The number of hydrogen-bond acceptors (Lipinski definition) is 5. The first-order chi connectivity index (χ1) is 10.3. The molecule has 1 fully saturated rings. The summed E-state index contributed by atoms with van der Waals surface area (Å²) in [6, 6.07) is 3.53. The monoisotopic (exact) mass is 306 g/mol. The van der Waals surface area contributed by atoms with E-state index in [9.17, 15) is 14.7 Å². The summed E-state index contributed by atoms with van der Waals surface area (Å²) < 4.78 is 0. The van der Waals surface area contributed by atoms with Gasteiger partial charge in [-0.25, -0.2) is 0 Å². The maximum absolute atomic E-state index is 12.6. The summed E-state index contributed by atoms with van der Waals surface area (Å²) in [7, 11) is 3.77. The molecule has 2 amide bonds. The molecule has 0 aliphatic carbocycles. The summed E-state index contributed by atoms with van der Waals surface area (Å²) in [5.41, 5.74) is 5.14. The number of carbonyl (C=O) groups excluding carboxylic acids is 2. The Kier molecular flexibility index (Phi) is 4.65. The van der Waals surface area contributed by atoms with Crippen molar-refractivity contribution in [3.05, 3.63) is 24.0 Å². The summed E-state index contributed by atoms with van der Waals surface area (Å²) in [5, 5.41) is 10.4. The van der Waals surface area contributed by atoms with Gasteiger partial charge in [0.1, 0.15) is 5.69 Å². The third kappa shape index (κ3) is 3.73. The number of aliphatic hydroxyl groups is 1. The quantitative estimate of drug-likeness (QED) is 0.815. The van der Waals surface area contributed by atoms with Gasteiger partial charge in [0.15, 0.2) is 0 Å². The number of anilines is 1. The van der Waals surface area contributed by atoms with Crippen molar-refractivity contribution in [2.45, 2.75) is 24.9 Å². The molecular weight excluding hydrogens is 284 g/mol. The van der Waals surface area contributed by atoms with Crippen molar-refractivity contribution in [3.8, 4) is 0 Å². The molecule has 1 unspecified atom stereocenters. The average molecular weight is 306 g/mol. The number of likely N-dealkylation sites (tertiary alicyclic amines) is 1. The predicted octanol–water partition coefficient (Wildman–Crippen LogP) is -0.00990.